The van der Waals surface area contributed by atoms with Gasteiger partial charge < -0.3 is 5.32 Å². The molecule has 0 bridgehead atoms. The minimum absolute atomic E-state index is 0.155. The summed E-state index contributed by atoms with van der Waals surface area (Å²) in [4.78, 5) is 1.80. The van der Waals surface area contributed by atoms with Crippen molar-refractivity contribution in [3.05, 3.63) is 51.4 Å². The maximum absolute atomic E-state index is 13.6. The molecule has 0 aliphatic carbocycles. The number of halogens is 2. The molecule has 19 heavy (non-hydrogen) atoms. The van der Waals surface area contributed by atoms with E-state index in [9.17, 15) is 4.39 Å². The molecule has 0 fully saturated rings. The molecular formula is C14H15ClFNS2. The van der Waals surface area contributed by atoms with Crippen LogP contribution in [0.5, 0.6) is 0 Å². The summed E-state index contributed by atoms with van der Waals surface area (Å²) in [6.07, 6.45) is 0. The monoisotopic (exact) mass is 315 g/mol. The van der Waals surface area contributed by atoms with Gasteiger partial charge in [-0.05, 0) is 30.1 Å². The van der Waals surface area contributed by atoms with E-state index < -0.39 is 0 Å². The number of benzene rings is 1. The summed E-state index contributed by atoms with van der Waals surface area (Å²) in [7, 11) is 0. The van der Waals surface area contributed by atoms with Gasteiger partial charge in [-0.3, -0.25) is 0 Å². The van der Waals surface area contributed by atoms with Gasteiger partial charge in [0, 0.05) is 15.5 Å². The standard InChI is InChI=1S/C14H15ClFNS2/c1-2-17-12(14-10(15)7-8-18-14)9-19-13-6-4-3-5-11(13)16/h3-8,12,17H,2,9H2,1H3. The highest BCUT2D eigenvalue weighted by molar-refractivity contribution is 7.99. The highest BCUT2D eigenvalue weighted by Gasteiger charge is 2.16. The van der Waals surface area contributed by atoms with Gasteiger partial charge in [-0.15, -0.1) is 23.1 Å². The number of hydrogen-bond donors (Lipinski definition) is 1. The highest BCUT2D eigenvalue weighted by atomic mass is 35.5. The van der Waals surface area contributed by atoms with Gasteiger partial charge in [0.25, 0.3) is 0 Å². The van der Waals surface area contributed by atoms with Crippen LogP contribution in [0.4, 0.5) is 4.39 Å². The minimum atomic E-state index is -0.167. The van der Waals surface area contributed by atoms with E-state index in [1.54, 1.807) is 23.5 Å². The van der Waals surface area contributed by atoms with Gasteiger partial charge in [-0.25, -0.2) is 4.39 Å². The number of thiophene rings is 1. The Bertz CT molecular complexity index is 530. The molecule has 1 N–H and O–H groups in total. The lowest BCUT2D eigenvalue weighted by molar-refractivity contribution is 0.598. The lowest BCUT2D eigenvalue weighted by atomic mass is 10.3. The zero-order valence-corrected chi connectivity index (χ0v) is 12.9. The molecule has 0 amide bonds. The van der Waals surface area contributed by atoms with Crippen molar-refractivity contribution >= 4 is 34.7 Å². The van der Waals surface area contributed by atoms with Gasteiger partial charge in [0.1, 0.15) is 5.82 Å². The van der Waals surface area contributed by atoms with Crippen molar-refractivity contribution in [2.24, 2.45) is 0 Å². The Labute approximate surface area is 126 Å². The summed E-state index contributed by atoms with van der Waals surface area (Å²) in [6, 6.07) is 8.91. The zero-order valence-electron chi connectivity index (χ0n) is 10.5. The molecule has 102 valence electrons. The Morgan fingerprint density at radius 2 is 2.16 bits per heavy atom. The summed E-state index contributed by atoms with van der Waals surface area (Å²) < 4.78 is 13.6. The number of nitrogens with one attached hydrogen (secondary N) is 1. The highest BCUT2D eigenvalue weighted by Crippen LogP contribution is 2.33. The molecule has 0 spiro atoms. The third kappa shape index (κ3) is 3.96. The second-order valence-corrected chi connectivity index (χ2v) is 6.40. The van der Waals surface area contributed by atoms with Crippen molar-refractivity contribution in [3.8, 4) is 0 Å². The fraction of sp³-hybridized carbons (Fsp3) is 0.286. The average Bonchev–Trinajstić information content (AvgIpc) is 2.82. The van der Waals surface area contributed by atoms with E-state index in [0.717, 1.165) is 22.2 Å². The van der Waals surface area contributed by atoms with Crippen LogP contribution in [0.2, 0.25) is 5.02 Å². The minimum Gasteiger partial charge on any atom is -0.309 e. The molecule has 2 aromatic rings. The summed E-state index contributed by atoms with van der Waals surface area (Å²) in [5.41, 5.74) is 0. The second-order valence-electron chi connectivity index (χ2n) is 3.98. The first-order valence-corrected chi connectivity index (χ1v) is 8.30. The van der Waals surface area contributed by atoms with E-state index >= 15 is 0 Å². The molecule has 1 unspecified atom stereocenters. The molecule has 0 aliphatic rings. The summed E-state index contributed by atoms with van der Waals surface area (Å²) >= 11 is 9.32. The van der Waals surface area contributed by atoms with Crippen LogP contribution in [-0.4, -0.2) is 12.3 Å². The fourth-order valence-corrected chi connectivity index (χ4v) is 4.14. The van der Waals surface area contributed by atoms with E-state index in [1.807, 2.05) is 17.5 Å². The lowest BCUT2D eigenvalue weighted by Gasteiger charge is -2.16. The smallest absolute Gasteiger partial charge is 0.136 e. The Balaban J connectivity index is 2.06. The number of hydrogen-bond acceptors (Lipinski definition) is 3. The molecule has 1 aromatic carbocycles. The third-order valence-corrected chi connectivity index (χ3v) is 5.27. The van der Waals surface area contributed by atoms with Crippen LogP contribution < -0.4 is 5.32 Å². The largest absolute Gasteiger partial charge is 0.309 e. The van der Waals surface area contributed by atoms with Gasteiger partial charge in [-0.1, -0.05) is 30.7 Å². The molecule has 1 nitrogen and oxygen atoms in total. The topological polar surface area (TPSA) is 12.0 Å². The first-order chi connectivity index (χ1) is 9.22. The van der Waals surface area contributed by atoms with Gasteiger partial charge in [0.15, 0.2) is 0 Å². The molecule has 0 saturated carbocycles. The van der Waals surface area contributed by atoms with Crippen molar-refractivity contribution in [2.45, 2.75) is 17.9 Å². The van der Waals surface area contributed by atoms with Gasteiger partial charge in [0.2, 0.25) is 0 Å². The molecule has 2 rings (SSSR count). The van der Waals surface area contributed by atoms with E-state index in [2.05, 4.69) is 12.2 Å². The van der Waals surface area contributed by atoms with Crippen LogP contribution in [0.15, 0.2) is 40.6 Å². The van der Waals surface area contributed by atoms with E-state index in [0.29, 0.717) is 4.90 Å². The number of rotatable bonds is 6. The van der Waals surface area contributed by atoms with E-state index in [4.69, 9.17) is 11.6 Å². The quantitative estimate of drug-likeness (QED) is 0.754. The summed E-state index contributed by atoms with van der Waals surface area (Å²) in [5, 5.41) is 6.16. The molecule has 5 heteroatoms. The van der Waals surface area contributed by atoms with Crippen LogP contribution in [-0.2, 0) is 0 Å². The van der Waals surface area contributed by atoms with Gasteiger partial charge in [0.05, 0.1) is 11.1 Å². The zero-order chi connectivity index (χ0) is 13.7. The second kappa shape index (κ2) is 7.29. The molecule has 1 aromatic heterocycles. The maximum atomic E-state index is 13.6. The van der Waals surface area contributed by atoms with Gasteiger partial charge >= 0.3 is 0 Å². The van der Waals surface area contributed by atoms with Crippen LogP contribution in [0.25, 0.3) is 0 Å². The molecule has 0 aliphatic heterocycles. The summed E-state index contributed by atoms with van der Waals surface area (Å²) in [6.45, 7) is 2.92. The summed E-state index contributed by atoms with van der Waals surface area (Å²) in [5.74, 6) is 0.592. The van der Waals surface area contributed by atoms with Crippen LogP contribution in [0.3, 0.4) is 0 Å². The van der Waals surface area contributed by atoms with E-state index in [1.165, 1.54) is 17.8 Å². The Hall–Kier alpha value is -0.550. The average molecular weight is 316 g/mol. The maximum Gasteiger partial charge on any atom is 0.136 e. The first kappa shape index (κ1) is 14.9. The third-order valence-electron chi connectivity index (χ3n) is 2.65. The molecule has 1 heterocycles. The molecule has 0 radical (unpaired) electrons. The predicted octanol–water partition coefficient (Wildman–Crippen LogP) is 4.98. The van der Waals surface area contributed by atoms with E-state index in [-0.39, 0.29) is 11.9 Å². The van der Waals surface area contributed by atoms with Crippen molar-refractivity contribution in [1.82, 2.24) is 5.32 Å². The van der Waals surface area contributed by atoms with Gasteiger partial charge in [-0.2, -0.15) is 0 Å². The molecule has 0 saturated heterocycles. The molecular weight excluding hydrogens is 301 g/mol. The SMILES string of the molecule is CCNC(CSc1ccccc1F)c1sccc1Cl. The molecule has 1 atom stereocenters. The Kier molecular flexibility index (Phi) is 5.70. The first-order valence-electron chi connectivity index (χ1n) is 6.06. The number of thioether (sulfide) groups is 1. The lowest BCUT2D eigenvalue weighted by Crippen LogP contribution is -2.22. The van der Waals surface area contributed by atoms with Crippen LogP contribution in [0, 0.1) is 5.82 Å². The van der Waals surface area contributed by atoms with Crippen LogP contribution in [0.1, 0.15) is 17.8 Å². The van der Waals surface area contributed by atoms with Crippen molar-refractivity contribution in [1.29, 1.82) is 0 Å². The van der Waals surface area contributed by atoms with Crippen molar-refractivity contribution in [2.75, 3.05) is 12.3 Å². The van der Waals surface area contributed by atoms with Crippen molar-refractivity contribution in [3.63, 3.8) is 0 Å². The normalized spacial score (nSPS) is 12.6. The Morgan fingerprint density at radius 1 is 1.37 bits per heavy atom. The van der Waals surface area contributed by atoms with Crippen LogP contribution >= 0.6 is 34.7 Å². The van der Waals surface area contributed by atoms with Crippen molar-refractivity contribution < 1.29 is 4.39 Å². The predicted molar refractivity (Wildman–Crippen MR) is 82.9 cm³/mol. The Morgan fingerprint density at radius 3 is 2.79 bits per heavy atom. The fourth-order valence-electron chi connectivity index (χ4n) is 1.76.